The summed E-state index contributed by atoms with van der Waals surface area (Å²) in [6.45, 7) is 0. The molecule has 5 nitrogen and oxygen atoms in total. The quantitative estimate of drug-likeness (QED) is 0.805. The van der Waals surface area contributed by atoms with E-state index < -0.39 is 5.91 Å². The maximum atomic E-state index is 11.4. The van der Waals surface area contributed by atoms with Gasteiger partial charge in [-0.3, -0.25) is 4.79 Å². The van der Waals surface area contributed by atoms with Gasteiger partial charge < -0.3 is 11.5 Å². The van der Waals surface area contributed by atoms with Gasteiger partial charge in [-0.15, -0.1) is 11.8 Å². The number of carbonyl (C=O) groups is 1. The van der Waals surface area contributed by atoms with Crippen molar-refractivity contribution in [2.75, 3.05) is 12.0 Å². The van der Waals surface area contributed by atoms with Crippen molar-refractivity contribution in [3.8, 4) is 0 Å². The van der Waals surface area contributed by atoms with Crippen LogP contribution in [0.4, 0.5) is 5.82 Å². The van der Waals surface area contributed by atoms with Gasteiger partial charge in [0.05, 0.1) is 6.04 Å². The second-order valence-electron chi connectivity index (χ2n) is 4.37. The fourth-order valence-corrected chi connectivity index (χ4v) is 2.98. The molecule has 0 aromatic carbocycles. The fraction of sp³-hybridized carbons (Fsp3) is 0.636. The SMILES string of the molecule is CSc1nn(C2CCCCC2)c(N)c1C(N)=O. The first-order valence-corrected chi connectivity index (χ1v) is 7.09. The number of nitrogens with two attached hydrogens (primary N) is 2. The molecule has 0 bridgehead atoms. The van der Waals surface area contributed by atoms with Crippen molar-refractivity contribution < 1.29 is 4.79 Å². The van der Waals surface area contributed by atoms with Crippen molar-refractivity contribution in [1.82, 2.24) is 9.78 Å². The molecule has 4 N–H and O–H groups in total. The van der Waals surface area contributed by atoms with Gasteiger partial charge in [0, 0.05) is 0 Å². The second kappa shape index (κ2) is 5.00. The van der Waals surface area contributed by atoms with E-state index in [-0.39, 0.29) is 0 Å². The van der Waals surface area contributed by atoms with Crippen LogP contribution in [0.2, 0.25) is 0 Å². The standard InChI is InChI=1S/C11H18N4OS/c1-17-11-8(10(13)16)9(12)15(14-11)7-5-3-2-4-6-7/h7H,2-6,12H2,1H3,(H2,13,16). The molecular weight excluding hydrogens is 236 g/mol. The Labute approximate surface area is 105 Å². The highest BCUT2D eigenvalue weighted by Crippen LogP contribution is 2.33. The number of primary amides is 1. The number of carbonyl (C=O) groups excluding carboxylic acids is 1. The van der Waals surface area contributed by atoms with E-state index in [4.69, 9.17) is 11.5 Å². The first kappa shape index (κ1) is 12.3. The smallest absolute Gasteiger partial charge is 0.255 e. The molecule has 1 aromatic rings. The summed E-state index contributed by atoms with van der Waals surface area (Å²) in [5.41, 5.74) is 11.7. The number of rotatable bonds is 3. The van der Waals surface area contributed by atoms with Crippen LogP contribution in [0.25, 0.3) is 0 Å². The maximum absolute atomic E-state index is 11.4. The molecule has 6 heteroatoms. The average Bonchev–Trinajstić information content (AvgIpc) is 2.67. The monoisotopic (exact) mass is 254 g/mol. The Morgan fingerprint density at radius 3 is 2.53 bits per heavy atom. The lowest BCUT2D eigenvalue weighted by atomic mass is 9.96. The zero-order chi connectivity index (χ0) is 12.4. The van der Waals surface area contributed by atoms with Crippen molar-refractivity contribution in [3.05, 3.63) is 5.56 Å². The first-order valence-electron chi connectivity index (χ1n) is 5.87. The summed E-state index contributed by atoms with van der Waals surface area (Å²) in [5.74, 6) is -0.0670. The van der Waals surface area contributed by atoms with E-state index in [0.717, 1.165) is 12.8 Å². The topological polar surface area (TPSA) is 86.9 Å². The number of hydrogen-bond acceptors (Lipinski definition) is 4. The molecule has 0 unspecified atom stereocenters. The molecule has 17 heavy (non-hydrogen) atoms. The largest absolute Gasteiger partial charge is 0.383 e. The minimum atomic E-state index is -0.492. The summed E-state index contributed by atoms with van der Waals surface area (Å²) in [6.07, 6.45) is 7.71. The molecule has 2 rings (SSSR count). The number of nitrogens with zero attached hydrogens (tertiary/aromatic N) is 2. The van der Waals surface area contributed by atoms with Gasteiger partial charge in [-0.25, -0.2) is 4.68 Å². The minimum Gasteiger partial charge on any atom is -0.383 e. The highest BCUT2D eigenvalue weighted by molar-refractivity contribution is 7.98. The summed E-state index contributed by atoms with van der Waals surface area (Å²) < 4.78 is 1.80. The third kappa shape index (κ3) is 2.26. The molecule has 1 aliphatic rings. The second-order valence-corrected chi connectivity index (χ2v) is 5.17. The van der Waals surface area contributed by atoms with Crippen molar-refractivity contribution in [2.45, 2.75) is 43.2 Å². The normalized spacial score (nSPS) is 17.2. The van der Waals surface area contributed by atoms with Gasteiger partial charge in [0.2, 0.25) is 0 Å². The Kier molecular flexibility index (Phi) is 3.61. The van der Waals surface area contributed by atoms with Gasteiger partial charge in [-0.2, -0.15) is 5.10 Å². The third-order valence-electron chi connectivity index (χ3n) is 3.28. The average molecular weight is 254 g/mol. The van der Waals surface area contributed by atoms with Crippen LogP contribution in [0.3, 0.4) is 0 Å². The summed E-state index contributed by atoms with van der Waals surface area (Å²) in [7, 11) is 0. The highest BCUT2D eigenvalue weighted by atomic mass is 32.2. The molecule has 0 spiro atoms. The summed E-state index contributed by atoms with van der Waals surface area (Å²) in [4.78, 5) is 11.4. The van der Waals surface area contributed by atoms with Crippen molar-refractivity contribution in [2.24, 2.45) is 5.73 Å². The summed E-state index contributed by atoms with van der Waals surface area (Å²) in [5, 5.41) is 5.07. The molecule has 0 atom stereocenters. The van der Waals surface area contributed by atoms with Gasteiger partial charge in [0.1, 0.15) is 16.4 Å². The maximum Gasteiger partial charge on any atom is 0.255 e. The zero-order valence-electron chi connectivity index (χ0n) is 9.98. The van der Waals surface area contributed by atoms with Crippen LogP contribution in [0.15, 0.2) is 5.03 Å². The Hall–Kier alpha value is -1.17. The van der Waals surface area contributed by atoms with Gasteiger partial charge in [0.25, 0.3) is 5.91 Å². The Morgan fingerprint density at radius 2 is 2.06 bits per heavy atom. The van der Waals surface area contributed by atoms with Crippen LogP contribution in [0.5, 0.6) is 0 Å². The third-order valence-corrected chi connectivity index (χ3v) is 3.95. The Morgan fingerprint density at radius 1 is 1.41 bits per heavy atom. The number of anilines is 1. The van der Waals surface area contributed by atoms with Crippen LogP contribution in [0, 0.1) is 0 Å². The predicted octanol–water partition coefficient (Wildman–Crippen LogP) is 1.79. The van der Waals surface area contributed by atoms with E-state index in [9.17, 15) is 4.79 Å². The Bertz CT molecular complexity index is 423. The zero-order valence-corrected chi connectivity index (χ0v) is 10.8. The van der Waals surface area contributed by atoms with Crippen LogP contribution >= 0.6 is 11.8 Å². The molecule has 0 radical (unpaired) electrons. The molecular formula is C11H18N4OS. The number of nitrogen functional groups attached to an aromatic ring is 1. The lowest BCUT2D eigenvalue weighted by Crippen LogP contribution is -2.18. The van der Waals surface area contributed by atoms with E-state index in [0.29, 0.717) is 22.4 Å². The Balaban J connectivity index is 2.37. The molecule has 1 heterocycles. The van der Waals surface area contributed by atoms with Crippen molar-refractivity contribution >= 4 is 23.5 Å². The van der Waals surface area contributed by atoms with Crippen molar-refractivity contribution in [3.63, 3.8) is 0 Å². The van der Waals surface area contributed by atoms with E-state index >= 15 is 0 Å². The number of hydrogen-bond donors (Lipinski definition) is 2. The molecule has 94 valence electrons. The predicted molar refractivity (Wildman–Crippen MR) is 69.1 cm³/mol. The summed E-state index contributed by atoms with van der Waals surface area (Å²) >= 11 is 1.41. The molecule has 0 aliphatic heterocycles. The lowest BCUT2D eigenvalue weighted by Gasteiger charge is -2.22. The van der Waals surface area contributed by atoms with Gasteiger partial charge >= 0.3 is 0 Å². The van der Waals surface area contributed by atoms with Crippen molar-refractivity contribution in [1.29, 1.82) is 0 Å². The fourth-order valence-electron chi connectivity index (χ4n) is 2.40. The van der Waals surface area contributed by atoms with Crippen LogP contribution in [-0.4, -0.2) is 21.9 Å². The number of thioether (sulfide) groups is 1. The van der Waals surface area contributed by atoms with Gasteiger partial charge in [-0.05, 0) is 19.1 Å². The van der Waals surface area contributed by atoms with E-state index in [1.807, 2.05) is 6.26 Å². The number of amides is 1. The van der Waals surface area contributed by atoms with E-state index in [1.165, 1.54) is 31.0 Å². The summed E-state index contributed by atoms with van der Waals surface area (Å²) in [6, 6.07) is 0.322. The molecule has 0 saturated heterocycles. The molecule has 1 aliphatic carbocycles. The minimum absolute atomic E-state index is 0.322. The molecule has 1 saturated carbocycles. The van der Waals surface area contributed by atoms with E-state index in [2.05, 4.69) is 5.10 Å². The lowest BCUT2D eigenvalue weighted by molar-refractivity contribution is 0.0998. The molecule has 1 amide bonds. The highest BCUT2D eigenvalue weighted by Gasteiger charge is 2.25. The number of aromatic nitrogens is 2. The first-order chi connectivity index (χ1) is 8.15. The van der Waals surface area contributed by atoms with Gasteiger partial charge in [0.15, 0.2) is 0 Å². The van der Waals surface area contributed by atoms with Gasteiger partial charge in [-0.1, -0.05) is 19.3 Å². The molecule has 1 fully saturated rings. The van der Waals surface area contributed by atoms with Crippen LogP contribution in [0.1, 0.15) is 48.5 Å². The van der Waals surface area contributed by atoms with Crippen LogP contribution in [-0.2, 0) is 0 Å². The van der Waals surface area contributed by atoms with Crippen LogP contribution < -0.4 is 11.5 Å². The van der Waals surface area contributed by atoms with E-state index in [1.54, 1.807) is 4.68 Å². The molecule has 1 aromatic heterocycles.